The molecule has 1 heterocycles. The van der Waals surface area contributed by atoms with E-state index >= 15 is 0 Å². The molecule has 43 heavy (non-hydrogen) atoms. The van der Waals surface area contributed by atoms with E-state index in [0.29, 0.717) is 38.7 Å². The zero-order valence-corrected chi connectivity index (χ0v) is 25.2. The highest BCUT2D eigenvalue weighted by Gasteiger charge is 2.73. The number of methoxy groups -OCH3 is 1. The Morgan fingerprint density at radius 2 is 1.30 bits per heavy atom. The summed E-state index contributed by atoms with van der Waals surface area (Å²) < 4.78 is 5.42. The molecule has 4 aliphatic rings. The first-order chi connectivity index (χ1) is 20.7. The topological polar surface area (TPSA) is 75.7 Å². The zero-order valence-electron chi connectivity index (χ0n) is 22.9. The molecule has 6 nitrogen and oxygen atoms in total. The van der Waals surface area contributed by atoms with Crippen LogP contribution in [0.1, 0.15) is 27.8 Å². The Hall–Kier alpha value is -3.84. The van der Waals surface area contributed by atoms with E-state index in [9.17, 15) is 14.4 Å². The predicted octanol–water partition coefficient (Wildman–Crippen LogP) is 6.49. The molecule has 216 valence electrons. The van der Waals surface area contributed by atoms with Gasteiger partial charge in [-0.1, -0.05) is 90.5 Å². The van der Waals surface area contributed by atoms with Crippen LogP contribution >= 0.6 is 34.8 Å². The van der Waals surface area contributed by atoms with Crippen molar-refractivity contribution < 1.29 is 19.1 Å². The minimum atomic E-state index is -1.35. The molecule has 4 aromatic carbocycles. The number of alkyl halides is 2. The number of halogens is 3. The fourth-order valence-corrected chi connectivity index (χ4v) is 8.40. The molecule has 9 heteroatoms. The van der Waals surface area contributed by atoms with Crippen molar-refractivity contribution in [2.24, 2.45) is 11.8 Å². The summed E-state index contributed by atoms with van der Waals surface area (Å²) in [4.78, 5) is 41.7. The van der Waals surface area contributed by atoms with Crippen molar-refractivity contribution in [1.29, 1.82) is 0 Å². The van der Waals surface area contributed by atoms with Crippen molar-refractivity contribution in [3.8, 4) is 5.75 Å². The van der Waals surface area contributed by atoms with Crippen LogP contribution in [0.2, 0.25) is 5.02 Å². The molecule has 0 saturated carbocycles. The van der Waals surface area contributed by atoms with Gasteiger partial charge < -0.3 is 10.1 Å². The van der Waals surface area contributed by atoms with Crippen LogP contribution in [0.15, 0.2) is 97.1 Å². The molecule has 1 saturated heterocycles. The zero-order chi connectivity index (χ0) is 30.1. The second-order valence-corrected chi connectivity index (χ2v) is 12.7. The summed E-state index contributed by atoms with van der Waals surface area (Å²) in [6.07, 6.45) is 0.0803. The van der Waals surface area contributed by atoms with Crippen molar-refractivity contribution in [3.63, 3.8) is 0 Å². The predicted molar refractivity (Wildman–Crippen MR) is 166 cm³/mol. The van der Waals surface area contributed by atoms with Gasteiger partial charge in [-0.2, -0.15) is 0 Å². The van der Waals surface area contributed by atoms with Gasteiger partial charge >= 0.3 is 0 Å². The minimum absolute atomic E-state index is 0.0803. The molecule has 3 aliphatic carbocycles. The quantitative estimate of drug-likeness (QED) is 0.195. The number of carbonyl (C=O) groups is 3. The molecule has 1 N–H and O–H groups in total. The van der Waals surface area contributed by atoms with Gasteiger partial charge in [0.1, 0.15) is 21.5 Å². The number of likely N-dealkylation sites (tertiary alicyclic amines) is 1. The standard InChI is InChI=1S/C34H25Cl3N2O4/c1-43-27-16-15-20(35)18-25(27)38-30(40)26(17-19-9-3-2-4-10-19)39-31(41)28-29(32(39)42)34(37)22-12-6-5-11-21(22)33(28,36)23-13-7-8-14-24(23)34/h2-16,18,26,28-29H,17H2,1H3,(H,38,40)/t26-,28-,29+,33?,34?/m1/s1. The minimum Gasteiger partial charge on any atom is -0.495 e. The van der Waals surface area contributed by atoms with Gasteiger partial charge in [0, 0.05) is 11.4 Å². The summed E-state index contributed by atoms with van der Waals surface area (Å²) in [5.74, 6) is -3.29. The normalized spacial score (nSPS) is 25.5. The van der Waals surface area contributed by atoms with Crippen LogP contribution < -0.4 is 10.1 Å². The second kappa shape index (κ2) is 10.1. The number of imide groups is 1. The van der Waals surface area contributed by atoms with Crippen molar-refractivity contribution in [2.45, 2.75) is 22.2 Å². The Labute approximate surface area is 263 Å². The molecule has 3 atom stereocenters. The molecule has 0 spiro atoms. The van der Waals surface area contributed by atoms with Crippen LogP contribution in [0, 0.1) is 11.8 Å². The smallest absolute Gasteiger partial charge is 0.248 e. The SMILES string of the molecule is COc1ccc(Cl)cc1NC(=O)[C@@H](Cc1ccccc1)N1C(=O)[C@@H]2[C@H](C1=O)C1(Cl)c3ccccc3C2(Cl)c2ccccc21. The number of nitrogens with one attached hydrogen (secondary N) is 1. The van der Waals surface area contributed by atoms with Gasteiger partial charge in [0.2, 0.25) is 17.7 Å². The van der Waals surface area contributed by atoms with Crippen LogP contribution in [-0.4, -0.2) is 35.8 Å². The lowest BCUT2D eigenvalue weighted by Crippen LogP contribution is -2.57. The molecule has 1 aliphatic heterocycles. The van der Waals surface area contributed by atoms with Crippen LogP contribution in [0.3, 0.4) is 0 Å². The molecule has 4 aromatic rings. The first kappa shape index (κ1) is 28.0. The largest absolute Gasteiger partial charge is 0.495 e. The van der Waals surface area contributed by atoms with Gasteiger partial charge in [-0.3, -0.25) is 19.3 Å². The molecule has 0 radical (unpaired) electrons. The first-order valence-electron chi connectivity index (χ1n) is 13.8. The molecule has 1 fully saturated rings. The van der Waals surface area contributed by atoms with E-state index in [-0.39, 0.29) is 6.42 Å². The lowest BCUT2D eigenvalue weighted by atomic mass is 9.54. The summed E-state index contributed by atoms with van der Waals surface area (Å²) in [6, 6.07) is 27.7. The molecule has 2 bridgehead atoms. The number of benzene rings is 4. The van der Waals surface area contributed by atoms with Crippen molar-refractivity contribution in [3.05, 3.63) is 130 Å². The third-order valence-corrected chi connectivity index (χ3v) is 10.4. The van der Waals surface area contributed by atoms with Crippen LogP contribution in [0.4, 0.5) is 5.69 Å². The van der Waals surface area contributed by atoms with Gasteiger partial charge in [0.25, 0.3) is 0 Å². The maximum atomic E-state index is 14.6. The lowest BCUT2D eigenvalue weighted by Gasteiger charge is -2.54. The van der Waals surface area contributed by atoms with Gasteiger partial charge in [0.05, 0.1) is 24.6 Å². The number of hydrogen-bond acceptors (Lipinski definition) is 4. The third-order valence-electron chi connectivity index (χ3n) is 8.93. The Morgan fingerprint density at radius 1 is 0.814 bits per heavy atom. The summed E-state index contributed by atoms with van der Waals surface area (Å²) >= 11 is 21.4. The summed E-state index contributed by atoms with van der Waals surface area (Å²) in [6.45, 7) is 0. The number of nitrogens with zero attached hydrogens (tertiary/aromatic N) is 1. The number of rotatable bonds is 6. The highest BCUT2D eigenvalue weighted by molar-refractivity contribution is 6.36. The highest BCUT2D eigenvalue weighted by Crippen LogP contribution is 2.69. The van der Waals surface area contributed by atoms with E-state index in [1.54, 1.807) is 18.2 Å². The Bertz CT molecular complexity index is 1690. The molecule has 0 unspecified atom stereocenters. The van der Waals surface area contributed by atoms with Gasteiger partial charge in [-0.05, 0) is 46.0 Å². The number of carbonyl (C=O) groups excluding carboxylic acids is 3. The van der Waals surface area contributed by atoms with Crippen molar-refractivity contribution in [2.75, 3.05) is 12.4 Å². The van der Waals surface area contributed by atoms with Crippen molar-refractivity contribution >= 4 is 58.2 Å². The summed E-state index contributed by atoms with van der Waals surface area (Å²) in [7, 11) is 1.48. The Morgan fingerprint density at radius 3 is 1.79 bits per heavy atom. The molecular weight excluding hydrogens is 607 g/mol. The van der Waals surface area contributed by atoms with E-state index in [1.165, 1.54) is 7.11 Å². The number of amides is 3. The average Bonchev–Trinajstić information content (AvgIpc) is 3.29. The van der Waals surface area contributed by atoms with E-state index < -0.39 is 45.3 Å². The first-order valence-corrected chi connectivity index (χ1v) is 15.0. The second-order valence-electron chi connectivity index (χ2n) is 11.1. The maximum Gasteiger partial charge on any atom is 0.248 e. The number of anilines is 1. The molecule has 8 rings (SSSR count). The average molecular weight is 632 g/mol. The monoisotopic (exact) mass is 630 g/mol. The van der Waals surface area contributed by atoms with E-state index in [2.05, 4.69) is 5.32 Å². The molecule has 3 amide bonds. The van der Waals surface area contributed by atoms with Crippen LogP contribution in [0.25, 0.3) is 0 Å². The van der Waals surface area contributed by atoms with Crippen molar-refractivity contribution in [1.82, 2.24) is 4.90 Å². The van der Waals surface area contributed by atoms with Gasteiger partial charge in [0.15, 0.2) is 0 Å². The summed E-state index contributed by atoms with van der Waals surface area (Å²) in [5.41, 5.74) is 3.87. The molecular formula is C34H25Cl3N2O4. The Balaban J connectivity index is 1.36. The van der Waals surface area contributed by atoms with Crippen LogP contribution in [-0.2, 0) is 30.6 Å². The highest BCUT2D eigenvalue weighted by atomic mass is 35.5. The molecule has 0 aromatic heterocycles. The fraction of sp³-hybridized carbons (Fsp3) is 0.206. The lowest BCUT2D eigenvalue weighted by molar-refractivity contribution is -0.146. The summed E-state index contributed by atoms with van der Waals surface area (Å²) in [5, 5.41) is 3.24. The third kappa shape index (κ3) is 3.90. The van der Waals surface area contributed by atoms with Gasteiger partial charge in [-0.25, -0.2) is 0 Å². The van der Waals surface area contributed by atoms with E-state index in [1.807, 2.05) is 78.9 Å². The van der Waals surface area contributed by atoms with E-state index in [4.69, 9.17) is 39.5 Å². The fourth-order valence-electron chi connectivity index (χ4n) is 7.13. The Kier molecular flexibility index (Phi) is 6.58. The maximum absolute atomic E-state index is 14.6. The number of ether oxygens (including phenoxy) is 1. The number of hydrogen-bond donors (Lipinski definition) is 1. The van der Waals surface area contributed by atoms with E-state index in [0.717, 1.165) is 10.5 Å². The van der Waals surface area contributed by atoms with Gasteiger partial charge in [-0.15, -0.1) is 23.2 Å². The van der Waals surface area contributed by atoms with Crippen LogP contribution in [0.5, 0.6) is 5.75 Å².